The molecule has 4 aromatic rings. The molecule has 0 amide bonds. The average Bonchev–Trinajstić information content (AvgIpc) is 3.63. The highest BCUT2D eigenvalue weighted by Crippen LogP contribution is 2.51. The average molecular weight is 529 g/mol. The molecule has 197 valence electrons. The van der Waals surface area contributed by atoms with E-state index in [1.54, 1.807) is 0 Å². The van der Waals surface area contributed by atoms with Gasteiger partial charge in [-0.15, -0.1) is 31.3 Å². The maximum Gasteiger partial charge on any atom is 0.119 e. The summed E-state index contributed by atoms with van der Waals surface area (Å²) in [6.07, 6.45) is 11.9. The molecule has 0 spiro atoms. The number of ether oxygens (including phenoxy) is 2. The minimum absolute atomic E-state index is 0.475. The van der Waals surface area contributed by atoms with E-state index in [1.807, 2.05) is 36.4 Å². The lowest BCUT2D eigenvalue weighted by atomic mass is 10.1. The highest BCUT2D eigenvalue weighted by Gasteiger charge is 2.38. The van der Waals surface area contributed by atoms with E-state index in [4.69, 9.17) is 9.47 Å². The number of benzene rings is 4. The first kappa shape index (κ1) is 25.5. The van der Waals surface area contributed by atoms with Crippen LogP contribution in [0.2, 0.25) is 12.1 Å². The van der Waals surface area contributed by atoms with Crippen molar-refractivity contribution in [2.24, 2.45) is 0 Å². The van der Waals surface area contributed by atoms with Gasteiger partial charge in [0.15, 0.2) is 0 Å². The van der Waals surface area contributed by atoms with Crippen LogP contribution in [0.3, 0.4) is 0 Å². The maximum atomic E-state index is 6.21. The van der Waals surface area contributed by atoms with Gasteiger partial charge in [-0.1, -0.05) is 108 Å². The zero-order valence-corrected chi connectivity index (χ0v) is 23.4. The van der Waals surface area contributed by atoms with Crippen LogP contribution in [0.15, 0.2) is 121 Å². The van der Waals surface area contributed by atoms with Gasteiger partial charge in [0.1, 0.15) is 11.5 Å². The van der Waals surface area contributed by atoms with Crippen molar-refractivity contribution in [3.8, 4) is 11.5 Å². The first-order valence-electron chi connectivity index (χ1n) is 14.2. The van der Waals surface area contributed by atoms with E-state index < -0.39 is 8.07 Å². The Bertz CT molecular complexity index is 1320. The fourth-order valence-corrected chi connectivity index (χ4v) is 12.9. The summed E-state index contributed by atoms with van der Waals surface area (Å²) in [5.74, 6) is 1.91. The van der Waals surface area contributed by atoms with Gasteiger partial charge >= 0.3 is 0 Å². The van der Waals surface area contributed by atoms with E-state index in [0.29, 0.717) is 11.1 Å². The summed E-state index contributed by atoms with van der Waals surface area (Å²) in [7, 11) is -2.04. The first-order valence-corrected chi connectivity index (χ1v) is 16.8. The molecule has 2 aliphatic carbocycles. The fourth-order valence-electron chi connectivity index (χ4n) is 6.66. The Morgan fingerprint density at radius 2 is 0.897 bits per heavy atom. The van der Waals surface area contributed by atoms with Crippen molar-refractivity contribution >= 4 is 20.2 Å². The molecule has 2 unspecified atom stereocenters. The van der Waals surface area contributed by atoms with Crippen LogP contribution in [0.5, 0.6) is 11.5 Å². The van der Waals surface area contributed by atoms with Crippen LogP contribution in [0.4, 0.5) is 0 Å². The molecule has 0 fully saturated rings. The lowest BCUT2D eigenvalue weighted by Crippen LogP contribution is -2.47. The molecule has 0 aromatic heterocycles. The van der Waals surface area contributed by atoms with Crippen molar-refractivity contribution in [3.05, 3.63) is 144 Å². The number of allylic oxidation sites excluding steroid dienone is 2. The predicted molar refractivity (Wildman–Crippen MR) is 165 cm³/mol. The molecule has 0 bridgehead atoms. The van der Waals surface area contributed by atoms with Gasteiger partial charge in [-0.2, -0.15) is 12.1 Å². The molecular weight excluding hydrogens is 492 g/mol. The second-order valence-electron chi connectivity index (χ2n) is 10.7. The Morgan fingerprint density at radius 3 is 1.36 bits per heavy atom. The minimum atomic E-state index is -2.04. The lowest BCUT2D eigenvalue weighted by molar-refractivity contribution is 0.313. The molecule has 2 atom stereocenters. The molecule has 39 heavy (non-hydrogen) atoms. The van der Waals surface area contributed by atoms with Crippen LogP contribution in [-0.2, 0) is 0 Å². The smallest absolute Gasteiger partial charge is 0.119 e. The van der Waals surface area contributed by atoms with Crippen LogP contribution in [0, 0.1) is 0 Å². The molecule has 0 radical (unpaired) electrons. The van der Waals surface area contributed by atoms with Crippen molar-refractivity contribution < 1.29 is 9.47 Å². The van der Waals surface area contributed by atoms with E-state index in [2.05, 4.69) is 97.1 Å². The minimum Gasteiger partial charge on any atom is -0.494 e. The summed E-state index contributed by atoms with van der Waals surface area (Å²) in [4.78, 5) is 0. The van der Waals surface area contributed by atoms with Gasteiger partial charge in [0.2, 0.25) is 0 Å². The van der Waals surface area contributed by atoms with Crippen molar-refractivity contribution in [2.75, 3.05) is 13.2 Å². The summed E-state index contributed by atoms with van der Waals surface area (Å²) in [5, 5.41) is 0. The van der Waals surface area contributed by atoms with Gasteiger partial charge in [-0.25, -0.2) is 0 Å². The third-order valence-electron chi connectivity index (χ3n) is 8.43. The summed E-state index contributed by atoms with van der Waals surface area (Å²) in [6, 6.07) is 40.9. The largest absolute Gasteiger partial charge is 0.494 e. The molecule has 0 saturated carbocycles. The van der Waals surface area contributed by atoms with Crippen LogP contribution < -0.4 is 9.47 Å². The Balaban J connectivity index is 1.30. The molecule has 3 heteroatoms. The Morgan fingerprint density at radius 1 is 0.487 bits per heavy atom. The van der Waals surface area contributed by atoms with Crippen LogP contribution in [0.25, 0.3) is 12.2 Å². The SMILES string of the molecule is C1=CC([Si-](CCCOc2ccccc2)(CCCOc2ccccc2)C2C=Cc3ccccc32)c2ccccc21. The number of para-hydroxylation sites is 2. The van der Waals surface area contributed by atoms with Gasteiger partial charge in [0, 0.05) is 0 Å². The molecular formula is C36H36O2Si-. The fraction of sp³-hybridized carbons (Fsp3) is 0.222. The molecule has 0 aliphatic heterocycles. The van der Waals surface area contributed by atoms with Crippen LogP contribution in [0.1, 0.15) is 46.2 Å². The lowest BCUT2D eigenvalue weighted by Gasteiger charge is -2.53. The Kier molecular flexibility index (Phi) is 7.78. The summed E-state index contributed by atoms with van der Waals surface area (Å²) >= 11 is 0. The van der Waals surface area contributed by atoms with Crippen LogP contribution >= 0.6 is 0 Å². The standard InChI is InChI=1S/C36H36O2Si/c1-3-15-31(16-4-1)37-25-11-27-39(28-12-26-38-32-17-5-2-6-18-32,35-23-21-29-13-7-9-19-33(29)35)36-24-22-30-14-8-10-20-34(30)36/h1-10,13-24,35-36H,11-12,25-28H2/q-1. The van der Waals surface area contributed by atoms with Crippen molar-refractivity contribution in [1.29, 1.82) is 0 Å². The van der Waals surface area contributed by atoms with E-state index in [1.165, 1.54) is 34.3 Å². The van der Waals surface area contributed by atoms with E-state index in [-0.39, 0.29) is 0 Å². The third kappa shape index (κ3) is 5.50. The second kappa shape index (κ2) is 11.9. The summed E-state index contributed by atoms with van der Waals surface area (Å²) in [6.45, 7) is 1.49. The normalized spacial score (nSPS) is 17.1. The van der Waals surface area contributed by atoms with Gasteiger partial charge in [-0.3, -0.25) is 0 Å². The highest BCUT2D eigenvalue weighted by molar-refractivity contribution is 6.83. The third-order valence-corrected chi connectivity index (χ3v) is 14.5. The Labute approximate surface area is 233 Å². The molecule has 2 nitrogen and oxygen atoms in total. The monoisotopic (exact) mass is 528 g/mol. The number of hydrogen-bond acceptors (Lipinski definition) is 2. The molecule has 4 aromatic carbocycles. The molecule has 2 aliphatic rings. The molecule has 0 saturated heterocycles. The van der Waals surface area contributed by atoms with E-state index in [0.717, 1.165) is 37.6 Å². The topological polar surface area (TPSA) is 18.5 Å². The van der Waals surface area contributed by atoms with E-state index in [9.17, 15) is 0 Å². The summed E-state index contributed by atoms with van der Waals surface area (Å²) < 4.78 is 12.4. The second-order valence-corrected chi connectivity index (χ2v) is 15.4. The van der Waals surface area contributed by atoms with Gasteiger partial charge in [-0.05, 0) is 48.2 Å². The molecule has 0 N–H and O–H groups in total. The number of rotatable bonds is 12. The number of hydrogen-bond donors (Lipinski definition) is 0. The van der Waals surface area contributed by atoms with Crippen LogP contribution in [-0.4, -0.2) is 21.3 Å². The van der Waals surface area contributed by atoms with E-state index >= 15 is 0 Å². The maximum absolute atomic E-state index is 6.21. The van der Waals surface area contributed by atoms with Gasteiger partial charge in [0.05, 0.1) is 13.2 Å². The predicted octanol–water partition coefficient (Wildman–Crippen LogP) is 9.07. The van der Waals surface area contributed by atoms with Gasteiger partial charge < -0.3 is 9.47 Å². The van der Waals surface area contributed by atoms with Crippen molar-refractivity contribution in [3.63, 3.8) is 0 Å². The molecule has 6 rings (SSSR count). The quantitative estimate of drug-likeness (QED) is 0.135. The van der Waals surface area contributed by atoms with Gasteiger partial charge in [0.25, 0.3) is 0 Å². The zero-order valence-electron chi connectivity index (χ0n) is 22.4. The summed E-state index contributed by atoms with van der Waals surface area (Å²) in [5.41, 5.74) is 6.74. The number of fused-ring (bicyclic) bond motifs is 2. The highest BCUT2D eigenvalue weighted by atomic mass is 28.3. The van der Waals surface area contributed by atoms with Crippen molar-refractivity contribution in [2.45, 2.75) is 36.0 Å². The zero-order chi connectivity index (χ0) is 26.3. The first-order chi connectivity index (χ1) is 19.3. The van der Waals surface area contributed by atoms with Crippen molar-refractivity contribution in [1.82, 2.24) is 0 Å². The molecule has 0 heterocycles. The Hall–Kier alpha value is -3.82.